The van der Waals surface area contributed by atoms with Gasteiger partial charge in [-0.2, -0.15) is 5.10 Å². The smallest absolute Gasteiger partial charge is 0.400 e. The highest BCUT2D eigenvalue weighted by atomic mass is 32.1. The molecule has 0 aliphatic heterocycles. The van der Waals surface area contributed by atoms with Crippen LogP contribution in [0.25, 0.3) is 11.3 Å². The lowest BCUT2D eigenvalue weighted by molar-refractivity contribution is -0.402. The van der Waals surface area contributed by atoms with Crippen molar-refractivity contribution in [2.24, 2.45) is 10.1 Å². The number of hydrogen-bond donors (Lipinski definition) is 0. The van der Waals surface area contributed by atoms with Gasteiger partial charge in [0.1, 0.15) is 10.7 Å². The second-order valence-electron chi connectivity index (χ2n) is 5.03. The van der Waals surface area contributed by atoms with Crippen LogP contribution in [0.1, 0.15) is 5.76 Å². The first-order valence-electron chi connectivity index (χ1n) is 7.45. The highest BCUT2D eigenvalue weighted by molar-refractivity contribution is 7.07. The molecule has 0 amide bonds. The van der Waals surface area contributed by atoms with Crippen LogP contribution in [0, 0.1) is 15.9 Å². The molecule has 0 saturated carbocycles. The molecular formula is C17H13FN4O3S. The number of thiazole rings is 1. The van der Waals surface area contributed by atoms with E-state index in [4.69, 9.17) is 4.42 Å². The zero-order valence-electron chi connectivity index (χ0n) is 13.4. The topological polar surface area (TPSA) is 85.9 Å². The van der Waals surface area contributed by atoms with Gasteiger partial charge in [0.2, 0.25) is 4.80 Å². The molecule has 0 radical (unpaired) electrons. The van der Waals surface area contributed by atoms with Crippen LogP contribution in [-0.4, -0.2) is 22.4 Å². The molecule has 0 fully saturated rings. The van der Waals surface area contributed by atoms with Gasteiger partial charge in [0.05, 0.1) is 24.5 Å². The minimum absolute atomic E-state index is 0.232. The predicted molar refractivity (Wildman–Crippen MR) is 96.7 cm³/mol. The van der Waals surface area contributed by atoms with Crippen LogP contribution in [0.3, 0.4) is 0 Å². The molecule has 3 rings (SSSR count). The fourth-order valence-electron chi connectivity index (χ4n) is 2.11. The fraction of sp³-hybridized carbons (Fsp3) is 0.0588. The number of halogens is 1. The number of nitro groups is 1. The molecule has 0 aliphatic rings. The van der Waals surface area contributed by atoms with Gasteiger partial charge in [0, 0.05) is 10.9 Å². The molecule has 2 aromatic heterocycles. The summed E-state index contributed by atoms with van der Waals surface area (Å²) in [6.07, 6.45) is 3.01. The first-order chi connectivity index (χ1) is 12.6. The van der Waals surface area contributed by atoms with Gasteiger partial charge >= 0.3 is 5.88 Å². The van der Waals surface area contributed by atoms with Crippen LogP contribution in [0.15, 0.2) is 68.9 Å². The Kier molecular flexibility index (Phi) is 5.18. The first kappa shape index (κ1) is 17.5. The van der Waals surface area contributed by atoms with Gasteiger partial charge in [0.15, 0.2) is 5.76 Å². The van der Waals surface area contributed by atoms with E-state index < -0.39 is 4.92 Å². The van der Waals surface area contributed by atoms with E-state index >= 15 is 0 Å². The molecule has 3 aromatic rings. The van der Waals surface area contributed by atoms with Gasteiger partial charge in [-0.05, 0) is 30.3 Å². The second kappa shape index (κ2) is 7.70. The van der Waals surface area contributed by atoms with Crippen LogP contribution in [0.2, 0.25) is 0 Å². The minimum Gasteiger partial charge on any atom is -0.400 e. The Hall–Kier alpha value is -3.33. The monoisotopic (exact) mass is 372 g/mol. The third-order valence-electron chi connectivity index (χ3n) is 3.27. The molecule has 0 unspecified atom stereocenters. The minimum atomic E-state index is -0.621. The van der Waals surface area contributed by atoms with Crippen molar-refractivity contribution in [3.05, 3.63) is 80.9 Å². The van der Waals surface area contributed by atoms with Crippen molar-refractivity contribution < 1.29 is 13.7 Å². The van der Waals surface area contributed by atoms with Crippen molar-refractivity contribution in [3.63, 3.8) is 0 Å². The summed E-state index contributed by atoms with van der Waals surface area (Å²) in [4.78, 5) is 15.0. The van der Waals surface area contributed by atoms with Gasteiger partial charge < -0.3 is 4.42 Å². The Bertz CT molecular complexity index is 1030. The second-order valence-corrected chi connectivity index (χ2v) is 5.87. The molecular weight excluding hydrogens is 359 g/mol. The van der Waals surface area contributed by atoms with E-state index in [0.717, 1.165) is 5.56 Å². The van der Waals surface area contributed by atoms with Crippen LogP contribution in [0.4, 0.5) is 10.3 Å². The maximum atomic E-state index is 13.2. The summed E-state index contributed by atoms with van der Waals surface area (Å²) < 4.78 is 19.8. The van der Waals surface area contributed by atoms with E-state index in [1.807, 2.05) is 5.38 Å². The van der Waals surface area contributed by atoms with Crippen LogP contribution < -0.4 is 4.80 Å². The van der Waals surface area contributed by atoms with Gasteiger partial charge in [-0.3, -0.25) is 15.1 Å². The third-order valence-corrected chi connectivity index (χ3v) is 4.13. The molecule has 132 valence electrons. The zero-order valence-corrected chi connectivity index (χ0v) is 14.2. The molecule has 0 saturated heterocycles. The Balaban J connectivity index is 2.03. The number of hydrogen-bond acceptors (Lipinski definition) is 6. The molecule has 26 heavy (non-hydrogen) atoms. The van der Waals surface area contributed by atoms with E-state index in [0.29, 0.717) is 17.0 Å². The van der Waals surface area contributed by atoms with Crippen molar-refractivity contribution in [1.82, 2.24) is 4.68 Å². The Morgan fingerprint density at radius 3 is 2.73 bits per heavy atom. The molecule has 1 aromatic carbocycles. The largest absolute Gasteiger partial charge is 0.433 e. The summed E-state index contributed by atoms with van der Waals surface area (Å²) in [6.45, 7) is 4.04. The normalized spacial score (nSPS) is 12.0. The zero-order chi connectivity index (χ0) is 18.5. The molecule has 0 N–H and O–H groups in total. The van der Waals surface area contributed by atoms with Crippen molar-refractivity contribution in [2.75, 3.05) is 6.54 Å². The van der Waals surface area contributed by atoms with E-state index in [1.165, 1.54) is 41.8 Å². The van der Waals surface area contributed by atoms with E-state index in [9.17, 15) is 14.5 Å². The number of aromatic nitrogens is 1. The quantitative estimate of drug-likeness (QED) is 0.285. The van der Waals surface area contributed by atoms with Crippen molar-refractivity contribution in [1.29, 1.82) is 0 Å². The van der Waals surface area contributed by atoms with Crippen LogP contribution >= 0.6 is 11.3 Å². The standard InChI is InChI=1S/C17H13FN4O3S/c1-2-9-19-17-21(20-10-14-7-8-16(25-14)22(23)24)15(11-26-17)12-3-5-13(18)6-4-12/h2-8,10-11H,1,9H2. The van der Waals surface area contributed by atoms with E-state index in [1.54, 1.807) is 22.9 Å². The van der Waals surface area contributed by atoms with Crippen LogP contribution in [-0.2, 0) is 0 Å². The number of furan rings is 1. The van der Waals surface area contributed by atoms with Gasteiger partial charge in [-0.15, -0.1) is 17.9 Å². The molecule has 0 atom stereocenters. The molecule has 9 heteroatoms. The summed E-state index contributed by atoms with van der Waals surface area (Å²) in [6, 6.07) is 8.70. The SMILES string of the molecule is C=CCN=c1scc(-c2ccc(F)cc2)n1N=Cc1ccc([N+](=O)[O-])o1. The lowest BCUT2D eigenvalue weighted by Gasteiger charge is -2.03. The average Bonchev–Trinajstić information content (AvgIpc) is 3.26. The summed E-state index contributed by atoms with van der Waals surface area (Å²) >= 11 is 1.36. The number of rotatable bonds is 6. The molecule has 0 bridgehead atoms. The van der Waals surface area contributed by atoms with Gasteiger partial charge in [0.25, 0.3) is 0 Å². The lowest BCUT2D eigenvalue weighted by Crippen LogP contribution is -2.12. The molecule has 0 aliphatic carbocycles. The number of nitrogens with zero attached hydrogens (tertiary/aromatic N) is 4. The first-order valence-corrected chi connectivity index (χ1v) is 8.33. The highest BCUT2D eigenvalue weighted by Crippen LogP contribution is 2.21. The highest BCUT2D eigenvalue weighted by Gasteiger charge is 2.11. The maximum absolute atomic E-state index is 13.2. The van der Waals surface area contributed by atoms with Crippen molar-refractivity contribution >= 4 is 23.4 Å². The Morgan fingerprint density at radius 2 is 2.08 bits per heavy atom. The average molecular weight is 372 g/mol. The predicted octanol–water partition coefficient (Wildman–Crippen LogP) is 3.83. The Labute approximate surface area is 151 Å². The van der Waals surface area contributed by atoms with Crippen LogP contribution in [0.5, 0.6) is 0 Å². The fourth-order valence-corrected chi connectivity index (χ4v) is 2.95. The summed E-state index contributed by atoms with van der Waals surface area (Å²) in [7, 11) is 0. The van der Waals surface area contributed by atoms with Crippen molar-refractivity contribution in [3.8, 4) is 11.3 Å². The third kappa shape index (κ3) is 3.83. The molecule has 0 spiro atoms. The van der Waals surface area contributed by atoms with Gasteiger partial charge in [-0.1, -0.05) is 6.08 Å². The van der Waals surface area contributed by atoms with Gasteiger partial charge in [-0.25, -0.2) is 9.07 Å². The summed E-state index contributed by atoms with van der Waals surface area (Å²) in [5.74, 6) is -0.467. The summed E-state index contributed by atoms with van der Waals surface area (Å²) in [5.41, 5.74) is 1.46. The lowest BCUT2D eigenvalue weighted by atomic mass is 10.2. The molecule has 7 nitrogen and oxygen atoms in total. The number of benzene rings is 1. The summed E-state index contributed by atoms with van der Waals surface area (Å²) in [5, 5.41) is 16.9. The molecule has 2 heterocycles. The Morgan fingerprint density at radius 1 is 1.31 bits per heavy atom. The van der Waals surface area contributed by atoms with Crippen molar-refractivity contribution in [2.45, 2.75) is 0 Å². The maximum Gasteiger partial charge on any atom is 0.433 e. The van der Waals surface area contributed by atoms with E-state index in [-0.39, 0.29) is 17.5 Å². The van der Waals surface area contributed by atoms with E-state index in [2.05, 4.69) is 16.7 Å².